The lowest BCUT2D eigenvalue weighted by Crippen LogP contribution is -2.30. The Morgan fingerprint density at radius 1 is 1.44 bits per heavy atom. The molecule has 0 radical (unpaired) electrons. The van der Waals surface area contributed by atoms with Crippen molar-refractivity contribution in [1.82, 2.24) is 0 Å². The van der Waals surface area contributed by atoms with Gasteiger partial charge >= 0.3 is 0 Å². The van der Waals surface area contributed by atoms with Crippen molar-refractivity contribution >= 4 is 11.3 Å². The molecular weight excluding hydrogens is 228 g/mol. The summed E-state index contributed by atoms with van der Waals surface area (Å²) < 4.78 is 26.0. The normalized spacial score (nSPS) is 23.2. The molecule has 1 nitrogen and oxygen atoms in total. The van der Waals surface area contributed by atoms with Crippen molar-refractivity contribution < 1.29 is 8.78 Å². The molecule has 1 aromatic rings. The SMILES string of the molecule is Cc1ccsc1C(N)C1CCC(F)(F)CC1. The van der Waals surface area contributed by atoms with E-state index < -0.39 is 5.92 Å². The first-order valence-corrected chi connectivity index (χ1v) is 6.55. The predicted molar refractivity (Wildman–Crippen MR) is 62.9 cm³/mol. The zero-order valence-electron chi connectivity index (χ0n) is 9.38. The summed E-state index contributed by atoms with van der Waals surface area (Å²) in [4.78, 5) is 1.16. The van der Waals surface area contributed by atoms with Gasteiger partial charge in [0.05, 0.1) is 0 Å². The molecule has 90 valence electrons. The van der Waals surface area contributed by atoms with Crippen molar-refractivity contribution in [1.29, 1.82) is 0 Å². The Bertz CT molecular complexity index is 352. The van der Waals surface area contributed by atoms with Crippen LogP contribution < -0.4 is 5.73 Å². The molecule has 0 aromatic carbocycles. The fourth-order valence-electron chi connectivity index (χ4n) is 2.36. The predicted octanol–water partition coefficient (Wildman–Crippen LogP) is 3.88. The molecule has 0 amide bonds. The maximum absolute atomic E-state index is 13.0. The van der Waals surface area contributed by atoms with Crippen LogP contribution in [-0.4, -0.2) is 5.92 Å². The Hall–Kier alpha value is -0.480. The van der Waals surface area contributed by atoms with E-state index >= 15 is 0 Å². The molecule has 1 aliphatic rings. The first-order chi connectivity index (χ1) is 7.49. The van der Waals surface area contributed by atoms with E-state index in [4.69, 9.17) is 5.73 Å². The van der Waals surface area contributed by atoms with E-state index in [1.54, 1.807) is 11.3 Å². The van der Waals surface area contributed by atoms with Crippen LogP contribution in [-0.2, 0) is 0 Å². The van der Waals surface area contributed by atoms with Gasteiger partial charge in [0.1, 0.15) is 0 Å². The van der Waals surface area contributed by atoms with Gasteiger partial charge in [-0.15, -0.1) is 11.3 Å². The summed E-state index contributed by atoms with van der Waals surface area (Å²) in [6, 6.07) is 1.98. The first kappa shape index (κ1) is 12.0. The third kappa shape index (κ3) is 2.43. The lowest BCUT2D eigenvalue weighted by atomic mass is 9.81. The van der Waals surface area contributed by atoms with Crippen LogP contribution in [0.15, 0.2) is 11.4 Å². The summed E-state index contributed by atoms with van der Waals surface area (Å²) in [5, 5.41) is 2.02. The second-order valence-electron chi connectivity index (χ2n) is 4.69. The smallest absolute Gasteiger partial charge is 0.248 e. The monoisotopic (exact) mass is 245 g/mol. The van der Waals surface area contributed by atoms with Gasteiger partial charge in [-0.2, -0.15) is 0 Å². The molecule has 1 atom stereocenters. The van der Waals surface area contributed by atoms with Crippen LogP contribution in [0.3, 0.4) is 0 Å². The van der Waals surface area contributed by atoms with Crippen LogP contribution in [0.4, 0.5) is 8.78 Å². The minimum absolute atomic E-state index is 0.00418. The minimum Gasteiger partial charge on any atom is -0.323 e. The summed E-state index contributed by atoms with van der Waals surface area (Å²) in [5.74, 6) is -2.24. The maximum Gasteiger partial charge on any atom is 0.248 e. The third-order valence-corrected chi connectivity index (χ3v) is 4.59. The van der Waals surface area contributed by atoms with E-state index in [-0.39, 0.29) is 24.8 Å². The van der Waals surface area contributed by atoms with E-state index in [9.17, 15) is 8.78 Å². The number of hydrogen-bond acceptors (Lipinski definition) is 2. The highest BCUT2D eigenvalue weighted by Crippen LogP contribution is 2.41. The molecule has 0 spiro atoms. The van der Waals surface area contributed by atoms with E-state index in [0.29, 0.717) is 12.8 Å². The highest BCUT2D eigenvalue weighted by Gasteiger charge is 2.37. The summed E-state index contributed by atoms with van der Waals surface area (Å²) in [6.45, 7) is 2.03. The van der Waals surface area contributed by atoms with E-state index in [0.717, 1.165) is 4.88 Å². The second-order valence-corrected chi connectivity index (χ2v) is 5.63. The van der Waals surface area contributed by atoms with Crippen LogP contribution in [0, 0.1) is 12.8 Å². The van der Waals surface area contributed by atoms with Crippen LogP contribution in [0.5, 0.6) is 0 Å². The average Bonchev–Trinajstić information content (AvgIpc) is 2.63. The molecule has 2 rings (SSSR count). The van der Waals surface area contributed by atoms with Crippen LogP contribution in [0.1, 0.15) is 42.2 Å². The Labute approximate surface area is 98.7 Å². The molecule has 1 heterocycles. The topological polar surface area (TPSA) is 26.0 Å². The lowest BCUT2D eigenvalue weighted by Gasteiger charge is -2.31. The highest BCUT2D eigenvalue weighted by atomic mass is 32.1. The summed E-state index contributed by atoms with van der Waals surface area (Å²) in [5.41, 5.74) is 7.36. The van der Waals surface area contributed by atoms with Crippen molar-refractivity contribution in [3.8, 4) is 0 Å². The van der Waals surface area contributed by atoms with Crippen LogP contribution >= 0.6 is 11.3 Å². The number of alkyl halides is 2. The standard InChI is InChI=1S/C12H17F2NS/c1-8-4-7-16-11(8)10(15)9-2-5-12(13,14)6-3-9/h4,7,9-10H,2-3,5-6,15H2,1H3. The van der Waals surface area contributed by atoms with Crippen molar-refractivity contribution in [2.45, 2.75) is 44.6 Å². The van der Waals surface area contributed by atoms with Crippen molar-refractivity contribution in [2.24, 2.45) is 11.7 Å². The Morgan fingerprint density at radius 2 is 2.06 bits per heavy atom. The molecule has 1 fully saturated rings. The quantitative estimate of drug-likeness (QED) is 0.840. The van der Waals surface area contributed by atoms with Gasteiger partial charge in [0.25, 0.3) is 0 Å². The molecule has 0 aliphatic heterocycles. The molecule has 1 aliphatic carbocycles. The molecule has 0 saturated heterocycles. The van der Waals surface area contributed by atoms with Gasteiger partial charge in [0.15, 0.2) is 0 Å². The number of hydrogen-bond donors (Lipinski definition) is 1. The number of nitrogens with two attached hydrogens (primary N) is 1. The van der Waals surface area contributed by atoms with Gasteiger partial charge in [0, 0.05) is 23.8 Å². The average molecular weight is 245 g/mol. The molecule has 1 unspecified atom stereocenters. The summed E-state index contributed by atoms with van der Waals surface area (Å²) in [7, 11) is 0. The molecule has 1 aromatic heterocycles. The third-order valence-electron chi connectivity index (χ3n) is 3.47. The van der Waals surface area contributed by atoms with E-state index in [1.165, 1.54) is 5.56 Å². The number of thiophene rings is 1. The lowest BCUT2D eigenvalue weighted by molar-refractivity contribution is -0.0482. The van der Waals surface area contributed by atoms with Crippen molar-refractivity contribution in [2.75, 3.05) is 0 Å². The van der Waals surface area contributed by atoms with Gasteiger partial charge in [0.2, 0.25) is 5.92 Å². The molecule has 0 bridgehead atoms. The number of rotatable bonds is 2. The maximum atomic E-state index is 13.0. The summed E-state index contributed by atoms with van der Waals surface area (Å²) >= 11 is 1.64. The molecule has 1 saturated carbocycles. The van der Waals surface area contributed by atoms with Gasteiger partial charge in [-0.3, -0.25) is 0 Å². The Morgan fingerprint density at radius 3 is 2.56 bits per heavy atom. The highest BCUT2D eigenvalue weighted by molar-refractivity contribution is 7.10. The van der Waals surface area contributed by atoms with Gasteiger partial charge in [-0.25, -0.2) is 8.78 Å². The Kier molecular flexibility index (Phi) is 3.31. The van der Waals surface area contributed by atoms with E-state index in [2.05, 4.69) is 0 Å². The van der Waals surface area contributed by atoms with Crippen LogP contribution in [0.25, 0.3) is 0 Å². The van der Waals surface area contributed by atoms with Crippen LogP contribution in [0.2, 0.25) is 0 Å². The van der Waals surface area contributed by atoms with Crippen molar-refractivity contribution in [3.63, 3.8) is 0 Å². The van der Waals surface area contributed by atoms with Gasteiger partial charge in [-0.1, -0.05) is 0 Å². The molecular formula is C12H17F2NS. The second kappa shape index (κ2) is 4.41. The van der Waals surface area contributed by atoms with Gasteiger partial charge in [-0.05, 0) is 42.7 Å². The fraction of sp³-hybridized carbons (Fsp3) is 0.667. The van der Waals surface area contributed by atoms with Crippen molar-refractivity contribution in [3.05, 3.63) is 21.9 Å². The summed E-state index contributed by atoms with van der Waals surface area (Å²) in [6.07, 6.45) is 1.09. The minimum atomic E-state index is -2.46. The first-order valence-electron chi connectivity index (χ1n) is 5.67. The van der Waals surface area contributed by atoms with Gasteiger partial charge < -0.3 is 5.73 Å². The fourth-order valence-corrected chi connectivity index (χ4v) is 3.38. The number of aryl methyl sites for hydroxylation is 1. The largest absolute Gasteiger partial charge is 0.323 e. The number of halogens is 2. The molecule has 2 N–H and O–H groups in total. The van der Waals surface area contributed by atoms with E-state index in [1.807, 2.05) is 18.4 Å². The Balaban J connectivity index is 2.02. The zero-order valence-corrected chi connectivity index (χ0v) is 10.2. The molecule has 4 heteroatoms. The zero-order chi connectivity index (χ0) is 11.8. The molecule has 16 heavy (non-hydrogen) atoms.